The smallest absolute Gasteiger partial charge is 0.0789 e. The van der Waals surface area contributed by atoms with Crippen LogP contribution in [0.1, 0.15) is 12.5 Å². The highest BCUT2D eigenvalue weighted by Crippen LogP contribution is 2.35. The van der Waals surface area contributed by atoms with Crippen LogP contribution in [0.3, 0.4) is 0 Å². The van der Waals surface area contributed by atoms with Gasteiger partial charge in [-0.3, -0.25) is 4.98 Å². The van der Waals surface area contributed by atoms with E-state index in [4.69, 9.17) is 4.98 Å². The van der Waals surface area contributed by atoms with Crippen molar-refractivity contribution in [2.75, 3.05) is 0 Å². The highest BCUT2D eigenvalue weighted by Gasteiger charge is 2.12. The van der Waals surface area contributed by atoms with Crippen molar-refractivity contribution in [3.63, 3.8) is 0 Å². The lowest BCUT2D eigenvalue weighted by molar-refractivity contribution is 1.14. The highest BCUT2D eigenvalue weighted by molar-refractivity contribution is 6.05. The van der Waals surface area contributed by atoms with E-state index in [2.05, 4.69) is 73.7 Å². The molecule has 106 valence electrons. The molecule has 0 radical (unpaired) electrons. The first kappa shape index (κ1) is 13.0. The summed E-state index contributed by atoms with van der Waals surface area (Å²) in [6, 6.07) is 23.6. The fraction of sp³-hybridized carbons (Fsp3) is 0.0952. The maximum Gasteiger partial charge on any atom is 0.0789 e. The van der Waals surface area contributed by atoms with E-state index in [1.807, 2.05) is 6.20 Å². The minimum Gasteiger partial charge on any atom is -0.256 e. The minimum atomic E-state index is 1.01. The minimum absolute atomic E-state index is 1.01. The molecule has 0 bridgehead atoms. The van der Waals surface area contributed by atoms with Crippen molar-refractivity contribution >= 4 is 21.5 Å². The summed E-state index contributed by atoms with van der Waals surface area (Å²) in [7, 11) is 0. The number of hydrogen-bond acceptors (Lipinski definition) is 1. The predicted molar refractivity (Wildman–Crippen MR) is 94.1 cm³/mol. The molecule has 4 aromatic rings. The van der Waals surface area contributed by atoms with Gasteiger partial charge in [-0.2, -0.15) is 0 Å². The van der Waals surface area contributed by atoms with E-state index in [1.165, 1.54) is 32.7 Å². The van der Waals surface area contributed by atoms with Crippen LogP contribution in [0.2, 0.25) is 0 Å². The second kappa shape index (κ2) is 5.27. The van der Waals surface area contributed by atoms with Gasteiger partial charge in [-0.15, -0.1) is 0 Å². The molecule has 3 aromatic carbocycles. The Kier molecular flexibility index (Phi) is 3.12. The number of pyridine rings is 1. The van der Waals surface area contributed by atoms with Crippen molar-refractivity contribution in [2.45, 2.75) is 13.3 Å². The molecule has 1 heterocycles. The molecule has 1 nitrogen and oxygen atoms in total. The molecule has 0 N–H and O–H groups in total. The van der Waals surface area contributed by atoms with Crippen LogP contribution < -0.4 is 0 Å². The molecule has 0 atom stereocenters. The fourth-order valence-electron chi connectivity index (χ4n) is 3.21. The molecule has 0 unspecified atom stereocenters. The molecule has 0 aliphatic carbocycles. The first-order valence-corrected chi connectivity index (χ1v) is 7.73. The number of rotatable bonds is 2. The molecule has 0 amide bonds. The second-order valence-corrected chi connectivity index (χ2v) is 5.56. The van der Waals surface area contributed by atoms with Gasteiger partial charge in [-0.1, -0.05) is 67.6 Å². The largest absolute Gasteiger partial charge is 0.256 e. The van der Waals surface area contributed by atoms with Gasteiger partial charge >= 0.3 is 0 Å². The predicted octanol–water partition coefficient (Wildman–Crippen LogP) is 5.62. The molecule has 0 fully saturated rings. The van der Waals surface area contributed by atoms with Gasteiger partial charge < -0.3 is 0 Å². The van der Waals surface area contributed by atoms with Crippen LogP contribution in [0, 0.1) is 0 Å². The summed E-state index contributed by atoms with van der Waals surface area (Å²) < 4.78 is 0. The van der Waals surface area contributed by atoms with Gasteiger partial charge in [0.25, 0.3) is 0 Å². The lowest BCUT2D eigenvalue weighted by atomic mass is 9.92. The maximum atomic E-state index is 4.74. The molecule has 22 heavy (non-hydrogen) atoms. The lowest BCUT2D eigenvalue weighted by Gasteiger charge is -2.13. The Hall–Kier alpha value is -2.67. The molecule has 4 rings (SSSR count). The Labute approximate surface area is 130 Å². The van der Waals surface area contributed by atoms with Crippen LogP contribution in [0.15, 0.2) is 72.9 Å². The van der Waals surface area contributed by atoms with Crippen molar-refractivity contribution in [3.8, 4) is 11.3 Å². The average molecular weight is 283 g/mol. The Morgan fingerprint density at radius 2 is 1.41 bits per heavy atom. The summed E-state index contributed by atoms with van der Waals surface area (Å²) >= 11 is 0. The third-order valence-electron chi connectivity index (χ3n) is 4.31. The first-order chi connectivity index (χ1) is 10.9. The van der Waals surface area contributed by atoms with Gasteiger partial charge in [0.1, 0.15) is 0 Å². The summed E-state index contributed by atoms with van der Waals surface area (Å²) in [5.41, 5.74) is 3.71. The molecule has 0 saturated carbocycles. The summed E-state index contributed by atoms with van der Waals surface area (Å²) in [5.74, 6) is 0. The number of nitrogens with zero attached hydrogens (tertiary/aromatic N) is 1. The molecule has 0 spiro atoms. The van der Waals surface area contributed by atoms with E-state index in [1.54, 1.807) is 0 Å². The third-order valence-corrected chi connectivity index (χ3v) is 4.31. The SMILES string of the molecule is CCc1ccc2ccccc2c1-c1nccc2ccccc12. The number of hydrogen-bond donors (Lipinski definition) is 0. The van der Waals surface area contributed by atoms with E-state index >= 15 is 0 Å². The maximum absolute atomic E-state index is 4.74. The molecule has 0 aliphatic rings. The zero-order valence-electron chi connectivity index (χ0n) is 12.6. The average Bonchev–Trinajstić information content (AvgIpc) is 2.60. The van der Waals surface area contributed by atoms with Crippen molar-refractivity contribution in [1.82, 2.24) is 4.98 Å². The third kappa shape index (κ3) is 1.98. The molecule has 1 heteroatoms. The first-order valence-electron chi connectivity index (χ1n) is 7.73. The van der Waals surface area contributed by atoms with Crippen LogP contribution in [0.4, 0.5) is 0 Å². The van der Waals surface area contributed by atoms with Gasteiger partial charge in [0.2, 0.25) is 0 Å². The van der Waals surface area contributed by atoms with E-state index < -0.39 is 0 Å². The Morgan fingerprint density at radius 1 is 0.727 bits per heavy atom. The zero-order valence-corrected chi connectivity index (χ0v) is 12.6. The van der Waals surface area contributed by atoms with Crippen LogP contribution in [0.25, 0.3) is 32.8 Å². The van der Waals surface area contributed by atoms with Crippen LogP contribution >= 0.6 is 0 Å². The normalized spacial score (nSPS) is 11.1. The monoisotopic (exact) mass is 283 g/mol. The Morgan fingerprint density at radius 3 is 2.18 bits per heavy atom. The van der Waals surface area contributed by atoms with Gasteiger partial charge in [0.15, 0.2) is 0 Å². The standard InChI is InChI=1S/C21H17N/c1-2-15-11-12-16-7-3-5-9-18(16)20(15)21-19-10-6-4-8-17(19)13-14-22-21/h3-14H,2H2,1H3. The quantitative estimate of drug-likeness (QED) is 0.465. The lowest BCUT2D eigenvalue weighted by Crippen LogP contribution is -1.93. The summed E-state index contributed by atoms with van der Waals surface area (Å²) in [6.45, 7) is 2.21. The van der Waals surface area contributed by atoms with E-state index in [9.17, 15) is 0 Å². The van der Waals surface area contributed by atoms with E-state index in [0.29, 0.717) is 0 Å². The highest BCUT2D eigenvalue weighted by atomic mass is 14.7. The zero-order chi connectivity index (χ0) is 14.9. The van der Waals surface area contributed by atoms with Crippen LogP contribution in [-0.4, -0.2) is 4.98 Å². The fourth-order valence-corrected chi connectivity index (χ4v) is 3.21. The summed E-state index contributed by atoms with van der Waals surface area (Å²) in [5, 5.41) is 5.01. The van der Waals surface area contributed by atoms with Gasteiger partial charge in [-0.25, -0.2) is 0 Å². The second-order valence-electron chi connectivity index (χ2n) is 5.56. The van der Waals surface area contributed by atoms with Crippen molar-refractivity contribution < 1.29 is 0 Å². The Balaban J connectivity index is 2.16. The van der Waals surface area contributed by atoms with Crippen molar-refractivity contribution in [1.29, 1.82) is 0 Å². The van der Waals surface area contributed by atoms with Crippen molar-refractivity contribution in [2.24, 2.45) is 0 Å². The van der Waals surface area contributed by atoms with E-state index in [-0.39, 0.29) is 0 Å². The Bertz CT molecular complexity index is 964. The number of fused-ring (bicyclic) bond motifs is 2. The summed E-state index contributed by atoms with van der Waals surface area (Å²) in [6.07, 6.45) is 2.92. The van der Waals surface area contributed by atoms with E-state index in [0.717, 1.165) is 12.1 Å². The molecule has 0 aliphatic heterocycles. The van der Waals surface area contributed by atoms with Gasteiger partial charge in [0, 0.05) is 17.1 Å². The van der Waals surface area contributed by atoms with Crippen molar-refractivity contribution in [3.05, 3.63) is 78.5 Å². The number of aryl methyl sites for hydroxylation is 1. The van der Waals surface area contributed by atoms with Crippen LogP contribution in [-0.2, 0) is 6.42 Å². The number of benzene rings is 3. The summed E-state index contributed by atoms with van der Waals surface area (Å²) in [4.78, 5) is 4.74. The van der Waals surface area contributed by atoms with Gasteiger partial charge in [-0.05, 0) is 34.2 Å². The molecular weight excluding hydrogens is 266 g/mol. The molecule has 0 saturated heterocycles. The van der Waals surface area contributed by atoms with Gasteiger partial charge in [0.05, 0.1) is 5.69 Å². The van der Waals surface area contributed by atoms with Crippen LogP contribution in [0.5, 0.6) is 0 Å². The molecule has 1 aromatic heterocycles. The topological polar surface area (TPSA) is 12.9 Å². The molecular formula is C21H17N. The number of aromatic nitrogens is 1.